The number of piperazine rings is 1. The van der Waals surface area contributed by atoms with Crippen molar-refractivity contribution in [2.75, 3.05) is 33.8 Å². The number of nitrogens with zero attached hydrogens (tertiary/aromatic N) is 2. The first-order chi connectivity index (χ1) is 8.88. The molecule has 0 aromatic carbocycles. The molecule has 1 saturated heterocycles. The number of hydrogen-bond donors (Lipinski definition) is 1. The minimum absolute atomic E-state index is 0.171. The van der Waals surface area contributed by atoms with Gasteiger partial charge in [0.1, 0.15) is 5.70 Å². The zero-order valence-electron chi connectivity index (χ0n) is 12.3. The maximum absolute atomic E-state index is 12.4. The van der Waals surface area contributed by atoms with Crippen LogP contribution in [0.5, 0.6) is 0 Å². The van der Waals surface area contributed by atoms with Gasteiger partial charge in [0, 0.05) is 32.7 Å². The van der Waals surface area contributed by atoms with Crippen molar-refractivity contribution in [2.24, 2.45) is 0 Å². The van der Waals surface area contributed by atoms with Gasteiger partial charge in [0.25, 0.3) is 0 Å². The molecule has 0 bridgehead atoms. The predicted molar refractivity (Wildman–Crippen MR) is 72.6 cm³/mol. The van der Waals surface area contributed by atoms with Gasteiger partial charge in [0.05, 0.1) is 7.11 Å². The second-order valence-electron chi connectivity index (χ2n) is 4.98. The Hall–Kier alpha value is -1.56. The van der Waals surface area contributed by atoms with E-state index in [9.17, 15) is 9.59 Å². The molecule has 1 aliphatic rings. The van der Waals surface area contributed by atoms with Crippen LogP contribution in [0, 0.1) is 0 Å². The van der Waals surface area contributed by atoms with E-state index in [1.165, 1.54) is 12.0 Å². The third-order valence-electron chi connectivity index (χ3n) is 3.11. The van der Waals surface area contributed by atoms with Crippen molar-refractivity contribution in [3.63, 3.8) is 0 Å². The molecule has 1 aliphatic heterocycles. The Kier molecular flexibility index (Phi) is 5.35. The van der Waals surface area contributed by atoms with Crippen molar-refractivity contribution in [1.29, 1.82) is 0 Å². The molecule has 1 atom stereocenters. The lowest BCUT2D eigenvalue weighted by Crippen LogP contribution is -2.54. The van der Waals surface area contributed by atoms with E-state index in [1.54, 1.807) is 25.8 Å². The van der Waals surface area contributed by atoms with Crippen molar-refractivity contribution < 1.29 is 14.3 Å². The molecule has 0 radical (unpaired) electrons. The van der Waals surface area contributed by atoms with Crippen LogP contribution in [0.25, 0.3) is 0 Å². The number of hydrogen-bond acceptors (Lipinski definition) is 4. The van der Waals surface area contributed by atoms with Gasteiger partial charge in [0.2, 0.25) is 0 Å². The Labute approximate surface area is 114 Å². The number of ether oxygens (including phenoxy) is 1. The second-order valence-corrected chi connectivity index (χ2v) is 4.98. The van der Waals surface area contributed by atoms with Gasteiger partial charge in [-0.15, -0.1) is 0 Å². The van der Waals surface area contributed by atoms with Crippen LogP contribution in [0.3, 0.4) is 0 Å². The number of likely N-dealkylation sites (N-methyl/N-ethyl adjacent to an activating group) is 1. The molecule has 19 heavy (non-hydrogen) atoms. The molecule has 2 amide bonds. The predicted octanol–water partition coefficient (Wildman–Crippen LogP) is 0.799. The molecule has 1 N–H and O–H groups in total. The van der Waals surface area contributed by atoms with E-state index in [1.807, 2.05) is 6.92 Å². The van der Waals surface area contributed by atoms with Crippen LogP contribution < -0.4 is 5.32 Å². The van der Waals surface area contributed by atoms with Crippen LogP contribution in [0.1, 0.15) is 20.8 Å². The molecule has 108 valence electrons. The topological polar surface area (TPSA) is 61.9 Å². The van der Waals surface area contributed by atoms with Gasteiger partial charge in [-0.2, -0.15) is 0 Å². The lowest BCUT2D eigenvalue weighted by atomic mass is 10.2. The number of urea groups is 1. The number of carbonyl (C=O) groups excluding carboxylic acids is 2. The van der Waals surface area contributed by atoms with Crippen LogP contribution in [-0.4, -0.2) is 61.6 Å². The summed E-state index contributed by atoms with van der Waals surface area (Å²) in [7, 11) is 2.92. The van der Waals surface area contributed by atoms with Gasteiger partial charge in [-0.05, 0) is 26.3 Å². The number of esters is 1. The molecule has 6 heteroatoms. The van der Waals surface area contributed by atoms with Crippen LogP contribution in [0.4, 0.5) is 4.79 Å². The summed E-state index contributed by atoms with van der Waals surface area (Å²) in [6.07, 6.45) is 0. The fourth-order valence-corrected chi connectivity index (χ4v) is 2.19. The number of rotatable bonds is 2. The van der Waals surface area contributed by atoms with Crippen molar-refractivity contribution in [3.8, 4) is 0 Å². The molecule has 6 nitrogen and oxygen atoms in total. The van der Waals surface area contributed by atoms with Crippen LogP contribution in [0.2, 0.25) is 0 Å². The third-order valence-corrected chi connectivity index (χ3v) is 3.11. The molecule has 0 aromatic rings. The van der Waals surface area contributed by atoms with E-state index >= 15 is 0 Å². The standard InChI is InChI=1S/C13H23N3O3/c1-9(2)11(12(17)19-5)15(4)13(18)16-7-6-14-10(3)8-16/h10,14H,6-8H2,1-5H3/t10-/m0/s1. The number of methoxy groups -OCH3 is 1. The van der Waals surface area contributed by atoms with Crippen LogP contribution in [0.15, 0.2) is 11.3 Å². The lowest BCUT2D eigenvalue weighted by Gasteiger charge is -2.35. The highest BCUT2D eigenvalue weighted by Gasteiger charge is 2.28. The largest absolute Gasteiger partial charge is 0.464 e. The summed E-state index contributed by atoms with van der Waals surface area (Å²) in [5, 5.41) is 3.28. The zero-order chi connectivity index (χ0) is 14.6. The maximum atomic E-state index is 12.4. The highest BCUT2D eigenvalue weighted by atomic mass is 16.5. The van der Waals surface area contributed by atoms with E-state index in [0.29, 0.717) is 18.8 Å². The molecular formula is C13H23N3O3. The van der Waals surface area contributed by atoms with Crippen LogP contribution >= 0.6 is 0 Å². The van der Waals surface area contributed by atoms with E-state index in [-0.39, 0.29) is 12.1 Å². The van der Waals surface area contributed by atoms with Crippen LogP contribution in [-0.2, 0) is 9.53 Å². The van der Waals surface area contributed by atoms with Crippen molar-refractivity contribution in [1.82, 2.24) is 15.1 Å². The minimum Gasteiger partial charge on any atom is -0.464 e. The lowest BCUT2D eigenvalue weighted by molar-refractivity contribution is -0.137. The SMILES string of the molecule is COC(=O)C(=C(C)C)N(C)C(=O)N1CCN[C@@H](C)C1. The minimum atomic E-state index is -0.487. The second kappa shape index (κ2) is 6.56. The average Bonchev–Trinajstić information content (AvgIpc) is 2.37. The van der Waals surface area contributed by atoms with Gasteiger partial charge in [-0.3, -0.25) is 4.90 Å². The summed E-state index contributed by atoms with van der Waals surface area (Å²) in [5.74, 6) is -0.487. The van der Waals surface area contributed by atoms with Gasteiger partial charge >= 0.3 is 12.0 Å². The van der Waals surface area contributed by atoms with E-state index < -0.39 is 5.97 Å². The number of amides is 2. The molecule has 0 spiro atoms. The van der Waals surface area contributed by atoms with Gasteiger partial charge in [0.15, 0.2) is 0 Å². The summed E-state index contributed by atoms with van der Waals surface area (Å²) in [4.78, 5) is 27.3. The van der Waals surface area contributed by atoms with Crippen molar-refractivity contribution >= 4 is 12.0 Å². The number of allylic oxidation sites excluding steroid dienone is 1. The molecule has 0 aliphatic carbocycles. The Morgan fingerprint density at radius 2 is 2.00 bits per heavy atom. The van der Waals surface area contributed by atoms with Gasteiger partial charge in [-0.25, -0.2) is 9.59 Å². The molecule has 1 rings (SSSR count). The Morgan fingerprint density at radius 3 is 2.47 bits per heavy atom. The summed E-state index contributed by atoms with van der Waals surface area (Å²) in [6.45, 7) is 7.66. The van der Waals surface area contributed by atoms with Crippen molar-refractivity contribution in [3.05, 3.63) is 11.3 Å². The molecule has 0 saturated carbocycles. The summed E-state index contributed by atoms with van der Waals surface area (Å²) >= 11 is 0. The molecule has 0 unspecified atom stereocenters. The Bertz CT molecular complexity index is 389. The highest BCUT2D eigenvalue weighted by Crippen LogP contribution is 2.13. The fourth-order valence-electron chi connectivity index (χ4n) is 2.19. The summed E-state index contributed by atoms with van der Waals surface area (Å²) < 4.78 is 4.73. The molecular weight excluding hydrogens is 246 g/mol. The van der Waals surface area contributed by atoms with Gasteiger partial charge in [-0.1, -0.05) is 0 Å². The van der Waals surface area contributed by atoms with E-state index in [4.69, 9.17) is 4.74 Å². The van der Waals surface area contributed by atoms with E-state index in [2.05, 4.69) is 5.32 Å². The first-order valence-electron chi connectivity index (χ1n) is 6.40. The monoisotopic (exact) mass is 269 g/mol. The average molecular weight is 269 g/mol. The first kappa shape index (κ1) is 15.5. The van der Waals surface area contributed by atoms with Crippen molar-refractivity contribution in [2.45, 2.75) is 26.8 Å². The first-order valence-corrected chi connectivity index (χ1v) is 6.40. The number of carbonyl (C=O) groups is 2. The maximum Gasteiger partial charge on any atom is 0.354 e. The smallest absolute Gasteiger partial charge is 0.354 e. The van der Waals surface area contributed by atoms with Gasteiger partial charge < -0.3 is 15.0 Å². The Balaban J connectivity index is 2.85. The normalized spacial score (nSPS) is 18.8. The molecule has 0 aromatic heterocycles. The third kappa shape index (κ3) is 3.70. The number of nitrogens with one attached hydrogen (secondary N) is 1. The van der Waals surface area contributed by atoms with E-state index in [0.717, 1.165) is 12.1 Å². The molecule has 1 fully saturated rings. The zero-order valence-corrected chi connectivity index (χ0v) is 12.3. The summed E-state index contributed by atoms with van der Waals surface area (Å²) in [5.41, 5.74) is 1.06. The summed E-state index contributed by atoms with van der Waals surface area (Å²) in [6, 6.07) is 0.0920. The molecule has 1 heterocycles. The quantitative estimate of drug-likeness (QED) is 0.595. The fraction of sp³-hybridized carbons (Fsp3) is 0.692. The highest BCUT2D eigenvalue weighted by molar-refractivity contribution is 5.93. The Morgan fingerprint density at radius 1 is 1.37 bits per heavy atom.